The van der Waals surface area contributed by atoms with Crippen molar-refractivity contribution in [1.29, 1.82) is 0 Å². The maximum Gasteiger partial charge on any atom is 0.0540 e. The highest BCUT2D eigenvalue weighted by Gasteiger charge is 2.20. The van der Waals surface area contributed by atoms with Gasteiger partial charge in [0.15, 0.2) is 0 Å². The maximum atomic E-state index is 2.48. The molecule has 0 saturated heterocycles. The van der Waals surface area contributed by atoms with Crippen LogP contribution in [-0.4, -0.2) is 0 Å². The van der Waals surface area contributed by atoms with Gasteiger partial charge >= 0.3 is 0 Å². The van der Waals surface area contributed by atoms with E-state index in [2.05, 4.69) is 254 Å². The normalized spacial score (nSPS) is 11.4. The van der Waals surface area contributed by atoms with Gasteiger partial charge in [0.05, 0.1) is 5.69 Å². The van der Waals surface area contributed by atoms with Crippen LogP contribution in [0.5, 0.6) is 0 Å². The lowest BCUT2D eigenvalue weighted by Crippen LogP contribution is -2.11. The van der Waals surface area contributed by atoms with Gasteiger partial charge in [0, 0.05) is 36.9 Å². The van der Waals surface area contributed by atoms with Gasteiger partial charge in [-0.05, 0) is 145 Å². The van der Waals surface area contributed by atoms with Crippen molar-refractivity contribution < 1.29 is 0 Å². The molecule has 0 aliphatic heterocycles. The molecule has 2 heteroatoms. The summed E-state index contributed by atoms with van der Waals surface area (Å²) in [5, 5.41) is 7.39. The molecule has 12 rings (SSSR count). The molecule has 0 fully saturated rings. The predicted octanol–water partition coefficient (Wildman–Crippen LogP) is 18.2. The monoisotopic (exact) mass is 831 g/mol. The lowest BCUT2D eigenvalue weighted by Gasteiger charge is -2.28. The standard InChI is InChI=1S/C62H41NS/c1-4-16-42(17-5-1)48-34-49(43-18-6-2-7-19-43)36-50(35-48)47-30-32-61-58(40-47)59-41-53(31-33-62(59)64-61)63(60-29-15-25-46-23-11-13-27-57(46)60)54-38-51(44-20-8-3-9-21-44)37-52(39-54)56-28-14-24-45-22-10-12-26-55(45)56/h1-41H. The molecule has 1 nitrogen and oxygen atoms in total. The van der Waals surface area contributed by atoms with Crippen molar-refractivity contribution in [2.24, 2.45) is 0 Å². The molecule has 0 spiro atoms. The van der Waals surface area contributed by atoms with Gasteiger partial charge < -0.3 is 4.90 Å². The number of rotatable bonds is 8. The molecular formula is C62H41NS. The Morgan fingerprint density at radius 3 is 1.38 bits per heavy atom. The zero-order chi connectivity index (χ0) is 42.4. The molecule has 0 unspecified atom stereocenters. The summed E-state index contributed by atoms with van der Waals surface area (Å²) in [6.07, 6.45) is 0. The molecule has 300 valence electrons. The van der Waals surface area contributed by atoms with Crippen LogP contribution in [0.2, 0.25) is 0 Å². The fraction of sp³-hybridized carbons (Fsp3) is 0. The summed E-state index contributed by atoms with van der Waals surface area (Å²) in [6, 6.07) is 91.2. The molecule has 64 heavy (non-hydrogen) atoms. The second kappa shape index (κ2) is 16.0. The summed E-state index contributed by atoms with van der Waals surface area (Å²) in [7, 11) is 0. The average Bonchev–Trinajstić information content (AvgIpc) is 3.74. The van der Waals surface area contributed by atoms with Crippen LogP contribution in [0, 0.1) is 0 Å². The van der Waals surface area contributed by atoms with Crippen LogP contribution in [-0.2, 0) is 0 Å². The summed E-state index contributed by atoms with van der Waals surface area (Å²) in [4.78, 5) is 2.48. The van der Waals surface area contributed by atoms with Crippen molar-refractivity contribution in [3.63, 3.8) is 0 Å². The van der Waals surface area contributed by atoms with Gasteiger partial charge in [0.1, 0.15) is 0 Å². The van der Waals surface area contributed by atoms with Crippen LogP contribution in [0.15, 0.2) is 249 Å². The van der Waals surface area contributed by atoms with Crippen molar-refractivity contribution in [1.82, 2.24) is 0 Å². The van der Waals surface area contributed by atoms with Crippen molar-refractivity contribution in [2.45, 2.75) is 0 Å². The first-order valence-corrected chi connectivity index (χ1v) is 22.7. The van der Waals surface area contributed by atoms with E-state index in [1.165, 1.54) is 97.4 Å². The van der Waals surface area contributed by atoms with Crippen LogP contribution in [0.1, 0.15) is 0 Å². The van der Waals surface area contributed by atoms with Crippen molar-refractivity contribution >= 4 is 70.1 Å². The Hall–Kier alpha value is -8.04. The van der Waals surface area contributed by atoms with E-state index in [1.807, 2.05) is 11.3 Å². The third-order valence-electron chi connectivity index (χ3n) is 12.6. The second-order valence-corrected chi connectivity index (χ2v) is 17.6. The van der Waals surface area contributed by atoms with Gasteiger partial charge in [-0.1, -0.05) is 176 Å². The highest BCUT2D eigenvalue weighted by atomic mass is 32.1. The van der Waals surface area contributed by atoms with E-state index >= 15 is 0 Å². The number of nitrogens with zero attached hydrogens (tertiary/aromatic N) is 1. The number of benzene rings is 11. The Balaban J connectivity index is 1.07. The van der Waals surface area contributed by atoms with Gasteiger partial charge in [-0.3, -0.25) is 0 Å². The lowest BCUT2D eigenvalue weighted by atomic mass is 9.93. The molecule has 0 aliphatic rings. The minimum atomic E-state index is 1.10. The molecule has 0 amide bonds. The number of fused-ring (bicyclic) bond motifs is 5. The average molecular weight is 832 g/mol. The van der Waals surface area contributed by atoms with E-state index in [9.17, 15) is 0 Å². The molecule has 0 bridgehead atoms. The van der Waals surface area contributed by atoms with Gasteiger partial charge in [0.2, 0.25) is 0 Å². The SMILES string of the molecule is c1ccc(-c2cc(-c3ccccc3)cc(-c3ccc4sc5ccc(N(c6cc(-c7ccccc7)cc(-c7cccc8ccccc78)c6)c6cccc7ccccc67)cc5c4c3)c2)cc1. The minimum absolute atomic E-state index is 1.10. The molecule has 0 saturated carbocycles. The molecule has 0 radical (unpaired) electrons. The Morgan fingerprint density at radius 2 is 0.719 bits per heavy atom. The third-order valence-corrected chi connectivity index (χ3v) is 13.7. The first-order chi connectivity index (χ1) is 31.7. The van der Waals surface area contributed by atoms with E-state index in [-0.39, 0.29) is 0 Å². The van der Waals surface area contributed by atoms with E-state index in [0.717, 1.165) is 17.1 Å². The lowest BCUT2D eigenvalue weighted by molar-refractivity contribution is 1.30. The first kappa shape index (κ1) is 37.7. The quantitative estimate of drug-likeness (QED) is 0.147. The summed E-state index contributed by atoms with van der Waals surface area (Å²) in [6.45, 7) is 0. The van der Waals surface area contributed by atoms with Gasteiger partial charge in [-0.2, -0.15) is 0 Å². The van der Waals surface area contributed by atoms with Crippen LogP contribution in [0.25, 0.3) is 97.4 Å². The Bertz CT molecular complexity index is 3600. The summed E-state index contributed by atoms with van der Waals surface area (Å²) >= 11 is 1.86. The highest BCUT2D eigenvalue weighted by molar-refractivity contribution is 7.25. The third kappa shape index (κ3) is 6.91. The molecule has 12 aromatic rings. The van der Waals surface area contributed by atoms with Crippen molar-refractivity contribution in [3.8, 4) is 55.6 Å². The number of hydrogen-bond donors (Lipinski definition) is 0. The molecule has 0 atom stereocenters. The topological polar surface area (TPSA) is 3.24 Å². The largest absolute Gasteiger partial charge is 0.310 e. The highest BCUT2D eigenvalue weighted by Crippen LogP contribution is 2.46. The zero-order valence-corrected chi connectivity index (χ0v) is 35.8. The van der Waals surface area contributed by atoms with Crippen LogP contribution in [0.4, 0.5) is 17.1 Å². The molecule has 0 N–H and O–H groups in total. The Labute approximate surface area is 377 Å². The summed E-state index contributed by atoms with van der Waals surface area (Å²) in [5.74, 6) is 0. The molecule has 0 aliphatic carbocycles. The Kier molecular flexibility index (Phi) is 9.43. The molecular weight excluding hydrogens is 791 g/mol. The van der Waals surface area contributed by atoms with E-state index < -0.39 is 0 Å². The van der Waals surface area contributed by atoms with Gasteiger partial charge in [0.25, 0.3) is 0 Å². The fourth-order valence-corrected chi connectivity index (χ4v) is 10.5. The fourth-order valence-electron chi connectivity index (χ4n) is 9.47. The van der Waals surface area contributed by atoms with E-state index in [4.69, 9.17) is 0 Å². The molecule has 11 aromatic carbocycles. The smallest absolute Gasteiger partial charge is 0.0540 e. The summed E-state index contributed by atoms with van der Waals surface area (Å²) < 4.78 is 2.55. The number of thiophene rings is 1. The second-order valence-electron chi connectivity index (χ2n) is 16.5. The number of anilines is 3. The Morgan fingerprint density at radius 1 is 0.250 bits per heavy atom. The maximum absolute atomic E-state index is 2.48. The minimum Gasteiger partial charge on any atom is -0.310 e. The molecule has 1 aromatic heterocycles. The van der Waals surface area contributed by atoms with Crippen LogP contribution < -0.4 is 4.90 Å². The van der Waals surface area contributed by atoms with Crippen LogP contribution >= 0.6 is 11.3 Å². The van der Waals surface area contributed by atoms with Crippen molar-refractivity contribution in [3.05, 3.63) is 249 Å². The van der Waals surface area contributed by atoms with Gasteiger partial charge in [-0.15, -0.1) is 11.3 Å². The molecule has 1 heterocycles. The van der Waals surface area contributed by atoms with Crippen LogP contribution in [0.3, 0.4) is 0 Å². The zero-order valence-electron chi connectivity index (χ0n) is 35.0. The van der Waals surface area contributed by atoms with Crippen molar-refractivity contribution in [2.75, 3.05) is 4.90 Å². The van der Waals surface area contributed by atoms with Gasteiger partial charge in [-0.25, -0.2) is 0 Å². The predicted molar refractivity (Wildman–Crippen MR) is 276 cm³/mol. The summed E-state index contributed by atoms with van der Waals surface area (Å²) in [5.41, 5.74) is 15.3. The van der Waals surface area contributed by atoms with E-state index in [1.54, 1.807) is 0 Å². The first-order valence-electron chi connectivity index (χ1n) is 21.9. The van der Waals surface area contributed by atoms with E-state index in [0.29, 0.717) is 0 Å². The number of hydrogen-bond acceptors (Lipinski definition) is 2.